The molecule has 0 bridgehead atoms. The van der Waals surface area contributed by atoms with Gasteiger partial charge in [-0.05, 0) is 43.4 Å². The van der Waals surface area contributed by atoms with Crippen LogP contribution in [0.15, 0.2) is 24.3 Å². The zero-order valence-corrected chi connectivity index (χ0v) is 11.2. The Kier molecular flexibility index (Phi) is 3.06. The summed E-state index contributed by atoms with van der Waals surface area (Å²) in [5.74, 6) is 0.544. The standard InChI is InChI=1S/C15H18ClNO/c16-13-6-4-12(5-7-13)15(8-1-9-15)10-17-14(18)11-2-3-11/h4-7,11H,1-3,8-10H2,(H,17,18). The van der Waals surface area contributed by atoms with Gasteiger partial charge < -0.3 is 5.32 Å². The topological polar surface area (TPSA) is 29.1 Å². The third-order valence-corrected chi connectivity index (χ3v) is 4.57. The molecule has 0 atom stereocenters. The summed E-state index contributed by atoms with van der Waals surface area (Å²) in [7, 11) is 0. The first-order chi connectivity index (χ1) is 8.70. The van der Waals surface area contributed by atoms with Crippen LogP contribution in [0.3, 0.4) is 0 Å². The Morgan fingerprint density at radius 2 is 1.94 bits per heavy atom. The highest BCUT2D eigenvalue weighted by Crippen LogP contribution is 2.43. The van der Waals surface area contributed by atoms with Crippen LogP contribution in [-0.4, -0.2) is 12.5 Å². The highest BCUT2D eigenvalue weighted by molar-refractivity contribution is 6.30. The number of halogens is 1. The van der Waals surface area contributed by atoms with Crippen molar-refractivity contribution >= 4 is 17.5 Å². The zero-order chi connectivity index (χ0) is 12.6. The van der Waals surface area contributed by atoms with Gasteiger partial charge in [0.05, 0.1) is 0 Å². The lowest BCUT2D eigenvalue weighted by Crippen LogP contribution is -2.45. The van der Waals surface area contributed by atoms with Crippen molar-refractivity contribution in [1.29, 1.82) is 0 Å². The highest BCUT2D eigenvalue weighted by Gasteiger charge is 2.40. The Bertz CT molecular complexity index is 446. The fourth-order valence-electron chi connectivity index (χ4n) is 2.72. The van der Waals surface area contributed by atoms with Gasteiger partial charge >= 0.3 is 0 Å². The first-order valence-electron chi connectivity index (χ1n) is 6.73. The van der Waals surface area contributed by atoms with E-state index in [1.165, 1.54) is 24.8 Å². The van der Waals surface area contributed by atoms with Gasteiger partial charge in [-0.15, -0.1) is 0 Å². The van der Waals surface area contributed by atoms with Crippen LogP contribution in [0.25, 0.3) is 0 Å². The fourth-order valence-corrected chi connectivity index (χ4v) is 2.85. The molecule has 0 spiro atoms. The molecule has 96 valence electrons. The molecule has 18 heavy (non-hydrogen) atoms. The second kappa shape index (κ2) is 4.58. The minimum absolute atomic E-state index is 0.162. The average molecular weight is 264 g/mol. The number of hydrogen-bond donors (Lipinski definition) is 1. The van der Waals surface area contributed by atoms with Crippen LogP contribution in [0, 0.1) is 5.92 Å². The summed E-state index contributed by atoms with van der Waals surface area (Å²) in [6.45, 7) is 0.782. The third-order valence-electron chi connectivity index (χ3n) is 4.32. The molecule has 1 aromatic carbocycles. The Morgan fingerprint density at radius 3 is 2.44 bits per heavy atom. The molecular formula is C15H18ClNO. The van der Waals surface area contributed by atoms with E-state index >= 15 is 0 Å². The van der Waals surface area contributed by atoms with Crippen molar-refractivity contribution in [2.24, 2.45) is 5.92 Å². The lowest BCUT2D eigenvalue weighted by atomic mass is 9.64. The van der Waals surface area contributed by atoms with Crippen LogP contribution >= 0.6 is 11.6 Å². The molecule has 0 radical (unpaired) electrons. The second-order valence-electron chi connectivity index (χ2n) is 5.63. The van der Waals surface area contributed by atoms with Crippen molar-refractivity contribution in [1.82, 2.24) is 5.32 Å². The summed E-state index contributed by atoms with van der Waals surface area (Å²) in [5, 5.41) is 3.90. The van der Waals surface area contributed by atoms with Crippen molar-refractivity contribution < 1.29 is 4.79 Å². The van der Waals surface area contributed by atoms with E-state index in [-0.39, 0.29) is 11.3 Å². The van der Waals surface area contributed by atoms with Crippen LogP contribution in [-0.2, 0) is 10.2 Å². The number of benzene rings is 1. The maximum absolute atomic E-state index is 11.7. The fraction of sp³-hybridized carbons (Fsp3) is 0.533. The van der Waals surface area contributed by atoms with Crippen LogP contribution in [0.2, 0.25) is 5.02 Å². The van der Waals surface area contributed by atoms with Crippen LogP contribution in [0.1, 0.15) is 37.7 Å². The largest absolute Gasteiger partial charge is 0.355 e. The van der Waals surface area contributed by atoms with Gasteiger partial charge in [0.15, 0.2) is 0 Å². The predicted molar refractivity (Wildman–Crippen MR) is 72.7 cm³/mol. The minimum atomic E-state index is 0.162. The molecule has 3 rings (SSSR count). The van der Waals surface area contributed by atoms with Gasteiger partial charge in [-0.25, -0.2) is 0 Å². The van der Waals surface area contributed by atoms with Crippen molar-refractivity contribution in [2.75, 3.05) is 6.54 Å². The minimum Gasteiger partial charge on any atom is -0.355 e. The lowest BCUT2D eigenvalue weighted by molar-refractivity contribution is -0.122. The summed E-state index contributed by atoms with van der Waals surface area (Å²) in [6.07, 6.45) is 5.72. The molecule has 0 unspecified atom stereocenters. The molecule has 2 aliphatic carbocycles. The summed E-state index contributed by atoms with van der Waals surface area (Å²) < 4.78 is 0. The van der Waals surface area contributed by atoms with Gasteiger partial charge in [0.2, 0.25) is 5.91 Å². The Balaban J connectivity index is 1.69. The van der Waals surface area contributed by atoms with E-state index in [1.807, 2.05) is 12.1 Å². The monoisotopic (exact) mass is 263 g/mol. The van der Waals surface area contributed by atoms with Gasteiger partial charge in [0, 0.05) is 22.9 Å². The molecule has 2 aliphatic rings. The number of carbonyl (C=O) groups is 1. The van der Waals surface area contributed by atoms with E-state index in [0.717, 1.165) is 24.4 Å². The third kappa shape index (κ3) is 2.26. The Hall–Kier alpha value is -1.02. The molecule has 0 heterocycles. The quantitative estimate of drug-likeness (QED) is 0.887. The number of carbonyl (C=O) groups excluding carboxylic acids is 1. The maximum Gasteiger partial charge on any atom is 0.223 e. The molecule has 1 aromatic rings. The van der Waals surface area contributed by atoms with Crippen molar-refractivity contribution in [3.8, 4) is 0 Å². The van der Waals surface area contributed by atoms with E-state index < -0.39 is 0 Å². The van der Waals surface area contributed by atoms with Crippen LogP contribution < -0.4 is 5.32 Å². The molecule has 2 saturated carbocycles. The smallest absolute Gasteiger partial charge is 0.223 e. The molecule has 0 aromatic heterocycles. The van der Waals surface area contributed by atoms with Crippen LogP contribution in [0.5, 0.6) is 0 Å². The van der Waals surface area contributed by atoms with E-state index in [4.69, 9.17) is 11.6 Å². The maximum atomic E-state index is 11.7. The van der Waals surface area contributed by atoms with Crippen LogP contribution in [0.4, 0.5) is 0 Å². The molecule has 2 nitrogen and oxygen atoms in total. The van der Waals surface area contributed by atoms with Gasteiger partial charge in [-0.3, -0.25) is 4.79 Å². The molecule has 3 heteroatoms. The zero-order valence-electron chi connectivity index (χ0n) is 10.4. The lowest BCUT2D eigenvalue weighted by Gasteiger charge is -2.42. The predicted octanol–water partition coefficient (Wildman–Crippen LogP) is 3.29. The Labute approximate surface area is 113 Å². The normalized spacial score (nSPS) is 21.2. The van der Waals surface area contributed by atoms with Crippen molar-refractivity contribution in [3.05, 3.63) is 34.9 Å². The van der Waals surface area contributed by atoms with E-state index in [9.17, 15) is 4.79 Å². The highest BCUT2D eigenvalue weighted by atomic mass is 35.5. The number of rotatable bonds is 4. The molecule has 0 saturated heterocycles. The first kappa shape index (κ1) is 12.0. The summed E-state index contributed by atoms with van der Waals surface area (Å²) in [5.41, 5.74) is 1.48. The molecule has 0 aliphatic heterocycles. The molecule has 1 amide bonds. The summed E-state index contributed by atoms with van der Waals surface area (Å²) in [6, 6.07) is 8.09. The summed E-state index contributed by atoms with van der Waals surface area (Å²) >= 11 is 5.93. The molecular weight excluding hydrogens is 246 g/mol. The van der Waals surface area contributed by atoms with E-state index in [1.54, 1.807) is 0 Å². The number of nitrogens with one attached hydrogen (secondary N) is 1. The number of amides is 1. The van der Waals surface area contributed by atoms with E-state index in [0.29, 0.717) is 5.92 Å². The average Bonchev–Trinajstić information content (AvgIpc) is 3.13. The second-order valence-corrected chi connectivity index (χ2v) is 6.07. The van der Waals surface area contributed by atoms with Crippen molar-refractivity contribution in [2.45, 2.75) is 37.5 Å². The van der Waals surface area contributed by atoms with Gasteiger partial charge in [0.1, 0.15) is 0 Å². The summed E-state index contributed by atoms with van der Waals surface area (Å²) in [4.78, 5) is 11.7. The Morgan fingerprint density at radius 1 is 1.28 bits per heavy atom. The van der Waals surface area contributed by atoms with Gasteiger partial charge in [-0.2, -0.15) is 0 Å². The molecule has 1 N–H and O–H groups in total. The SMILES string of the molecule is O=C(NCC1(c2ccc(Cl)cc2)CCC1)C1CC1. The first-order valence-corrected chi connectivity index (χ1v) is 7.11. The van der Waals surface area contributed by atoms with Gasteiger partial charge in [-0.1, -0.05) is 30.2 Å². The van der Waals surface area contributed by atoms with Gasteiger partial charge in [0.25, 0.3) is 0 Å². The molecule has 2 fully saturated rings. The number of hydrogen-bond acceptors (Lipinski definition) is 1. The van der Waals surface area contributed by atoms with Crippen molar-refractivity contribution in [3.63, 3.8) is 0 Å². The van der Waals surface area contributed by atoms with E-state index in [2.05, 4.69) is 17.4 Å².